The molecule has 0 aliphatic heterocycles. The lowest BCUT2D eigenvalue weighted by molar-refractivity contribution is 0.306. The number of hydrogen-bond acceptors (Lipinski definition) is 4. The fourth-order valence-electron chi connectivity index (χ4n) is 13.4. The Kier molecular flexibility index (Phi) is 9.70. The van der Waals surface area contributed by atoms with E-state index in [9.17, 15) is 0 Å². The standard InChI is InChI=1S/C70H54O4/c1-5-33-71-51-37-52(72-34-6-2)64-56-44-22-14-10-18-40(44)26-30-48(56)60-62-50-32-28-42-20-12-16-24-46(42)58(50)66-54(74-36-8-4)38-53(73-35-7-3)65-57-45-23-15-11-19-41(45)27-31-49(57)61(68(62)70(65)66)59-47-29-25-39-17-9-13-21-43(39)55(47)63(51)69(64)67(59)60/h9-32,37-38H,5-8,33-36H2,1-4H3. The minimum Gasteiger partial charge on any atom is -0.493 e. The molecule has 0 aliphatic rings. The van der Waals surface area contributed by atoms with Crippen molar-refractivity contribution in [1.82, 2.24) is 0 Å². The molecule has 15 aromatic rings. The lowest BCUT2D eigenvalue weighted by Crippen LogP contribution is -2.04. The van der Waals surface area contributed by atoms with E-state index in [1.165, 1.54) is 129 Å². The Labute approximate surface area is 428 Å². The van der Waals surface area contributed by atoms with Crippen molar-refractivity contribution in [1.29, 1.82) is 0 Å². The van der Waals surface area contributed by atoms with Crippen LogP contribution in [0.2, 0.25) is 0 Å². The normalized spacial score (nSPS) is 12.5. The molecular weight excluding hydrogens is 905 g/mol. The highest BCUT2D eigenvalue weighted by Crippen LogP contribution is 2.61. The van der Waals surface area contributed by atoms with Gasteiger partial charge in [0.15, 0.2) is 0 Å². The fourth-order valence-corrected chi connectivity index (χ4v) is 13.4. The van der Waals surface area contributed by atoms with Crippen LogP contribution in [0, 0.1) is 0 Å². The molecule has 4 nitrogen and oxygen atoms in total. The number of ether oxygens (including phenoxy) is 4. The maximum absolute atomic E-state index is 7.11. The van der Waals surface area contributed by atoms with Crippen molar-refractivity contribution < 1.29 is 18.9 Å². The third kappa shape index (κ3) is 5.80. The van der Waals surface area contributed by atoms with Gasteiger partial charge in [-0.3, -0.25) is 0 Å². The van der Waals surface area contributed by atoms with Gasteiger partial charge in [-0.1, -0.05) is 173 Å². The molecule has 15 aromatic carbocycles. The van der Waals surface area contributed by atoms with Gasteiger partial charge in [0.2, 0.25) is 0 Å². The Balaban J connectivity index is 1.40. The molecule has 0 saturated heterocycles. The summed E-state index contributed by atoms with van der Waals surface area (Å²) >= 11 is 0. The Hall–Kier alpha value is -8.34. The van der Waals surface area contributed by atoms with Gasteiger partial charge in [-0.05, 0) is 112 Å². The summed E-state index contributed by atoms with van der Waals surface area (Å²) < 4.78 is 28.4. The minimum absolute atomic E-state index is 0.582. The van der Waals surface area contributed by atoms with E-state index in [2.05, 4.69) is 185 Å². The number of rotatable bonds is 12. The van der Waals surface area contributed by atoms with Crippen LogP contribution in [0.1, 0.15) is 53.4 Å². The van der Waals surface area contributed by atoms with Gasteiger partial charge < -0.3 is 18.9 Å². The Bertz CT molecular complexity index is 4240. The zero-order valence-corrected chi connectivity index (χ0v) is 42.3. The maximum Gasteiger partial charge on any atom is 0.131 e. The van der Waals surface area contributed by atoms with Crippen LogP contribution in [-0.4, -0.2) is 26.4 Å². The van der Waals surface area contributed by atoms with Crippen LogP contribution in [-0.2, 0) is 0 Å². The average molecular weight is 959 g/mol. The Morgan fingerprint density at radius 2 is 0.446 bits per heavy atom. The lowest BCUT2D eigenvalue weighted by Gasteiger charge is -2.28. The van der Waals surface area contributed by atoms with Gasteiger partial charge in [0, 0.05) is 76.8 Å². The summed E-state index contributed by atoms with van der Waals surface area (Å²) in [6.45, 7) is 11.1. The molecule has 0 heterocycles. The van der Waals surface area contributed by atoms with E-state index >= 15 is 0 Å². The first-order valence-corrected chi connectivity index (χ1v) is 26.9. The molecule has 15 rings (SSSR count). The largest absolute Gasteiger partial charge is 0.493 e. The molecule has 0 unspecified atom stereocenters. The average Bonchev–Trinajstić information content (AvgIpc) is 3.57. The summed E-state index contributed by atoms with van der Waals surface area (Å²) in [5, 5.41) is 33.6. The third-order valence-corrected chi connectivity index (χ3v) is 16.2. The van der Waals surface area contributed by atoms with Crippen LogP contribution >= 0.6 is 0 Å². The van der Waals surface area contributed by atoms with E-state index < -0.39 is 0 Å². The van der Waals surface area contributed by atoms with E-state index in [-0.39, 0.29) is 0 Å². The van der Waals surface area contributed by atoms with Gasteiger partial charge in [0.25, 0.3) is 0 Å². The summed E-state index contributed by atoms with van der Waals surface area (Å²) in [5.74, 6) is 3.45. The van der Waals surface area contributed by atoms with Gasteiger partial charge in [-0.25, -0.2) is 0 Å². The summed E-state index contributed by atoms with van der Waals surface area (Å²) in [6.07, 6.45) is 3.51. The van der Waals surface area contributed by atoms with Crippen LogP contribution in [0.25, 0.3) is 151 Å². The zero-order valence-electron chi connectivity index (χ0n) is 42.3. The maximum atomic E-state index is 7.11. The monoisotopic (exact) mass is 958 g/mol. The molecule has 0 bridgehead atoms. The van der Waals surface area contributed by atoms with Crippen molar-refractivity contribution >= 4 is 151 Å². The first-order chi connectivity index (χ1) is 36.6. The second-order valence-corrected chi connectivity index (χ2v) is 20.5. The van der Waals surface area contributed by atoms with Crippen molar-refractivity contribution in [3.8, 4) is 23.0 Å². The van der Waals surface area contributed by atoms with Crippen molar-refractivity contribution in [2.45, 2.75) is 53.4 Å². The zero-order chi connectivity index (χ0) is 49.3. The third-order valence-electron chi connectivity index (χ3n) is 16.2. The van der Waals surface area contributed by atoms with E-state index in [0.717, 1.165) is 70.2 Å². The quantitative estimate of drug-likeness (QED) is 0.0903. The molecule has 74 heavy (non-hydrogen) atoms. The van der Waals surface area contributed by atoms with E-state index in [0.29, 0.717) is 26.4 Å². The molecular formula is C70H54O4. The molecule has 0 radical (unpaired) electrons. The highest BCUT2D eigenvalue weighted by molar-refractivity contribution is 6.58. The van der Waals surface area contributed by atoms with Crippen molar-refractivity contribution in [2.24, 2.45) is 0 Å². The first kappa shape index (κ1) is 43.3. The first-order valence-electron chi connectivity index (χ1n) is 26.9. The van der Waals surface area contributed by atoms with E-state index in [4.69, 9.17) is 18.9 Å². The second kappa shape index (κ2) is 16.6. The topological polar surface area (TPSA) is 36.9 Å². The highest BCUT2D eigenvalue weighted by Gasteiger charge is 2.32. The SMILES string of the molecule is CCCOc1cc(OCCC)c2c3c4ccccc4ccc3c3c4c5ccc6ccccc6c5c5c(OCCC)cc(OCCC)c6c7c8ccccc8ccc7c(c7c8ccc9ccccc9c8c1c2c73)c4c65. The molecule has 0 N–H and O–H groups in total. The van der Waals surface area contributed by atoms with Crippen LogP contribution in [0.3, 0.4) is 0 Å². The summed E-state index contributed by atoms with van der Waals surface area (Å²) in [6, 6.07) is 59.2. The predicted molar refractivity (Wildman–Crippen MR) is 317 cm³/mol. The molecule has 0 atom stereocenters. The van der Waals surface area contributed by atoms with E-state index in [1.54, 1.807) is 0 Å². The van der Waals surface area contributed by atoms with Gasteiger partial charge in [0.05, 0.1) is 26.4 Å². The molecule has 4 heteroatoms. The fraction of sp³-hybridized carbons (Fsp3) is 0.171. The second-order valence-electron chi connectivity index (χ2n) is 20.5. The van der Waals surface area contributed by atoms with Crippen LogP contribution in [0.15, 0.2) is 158 Å². The van der Waals surface area contributed by atoms with Crippen LogP contribution in [0.4, 0.5) is 0 Å². The predicted octanol–water partition coefficient (Wildman–Crippen LogP) is 19.9. The molecule has 0 amide bonds. The lowest BCUT2D eigenvalue weighted by atomic mass is 9.76. The molecule has 0 fully saturated rings. The number of fused-ring (bicyclic) bond motifs is 22. The molecule has 0 aromatic heterocycles. The van der Waals surface area contributed by atoms with Crippen LogP contribution < -0.4 is 18.9 Å². The van der Waals surface area contributed by atoms with Gasteiger partial charge in [0.1, 0.15) is 23.0 Å². The summed E-state index contributed by atoms with van der Waals surface area (Å²) in [4.78, 5) is 0. The Morgan fingerprint density at radius 3 is 0.689 bits per heavy atom. The van der Waals surface area contributed by atoms with Gasteiger partial charge in [-0.2, -0.15) is 0 Å². The van der Waals surface area contributed by atoms with Gasteiger partial charge in [-0.15, -0.1) is 0 Å². The minimum atomic E-state index is 0.582. The van der Waals surface area contributed by atoms with Crippen molar-refractivity contribution in [2.75, 3.05) is 26.4 Å². The van der Waals surface area contributed by atoms with Crippen molar-refractivity contribution in [3.05, 3.63) is 158 Å². The number of hydrogen-bond donors (Lipinski definition) is 0. The summed E-state index contributed by atoms with van der Waals surface area (Å²) in [5.41, 5.74) is 0. The van der Waals surface area contributed by atoms with E-state index in [1.807, 2.05) is 0 Å². The smallest absolute Gasteiger partial charge is 0.131 e. The molecule has 0 aliphatic carbocycles. The molecule has 0 saturated carbocycles. The molecule has 358 valence electrons. The van der Waals surface area contributed by atoms with Crippen LogP contribution in [0.5, 0.6) is 23.0 Å². The van der Waals surface area contributed by atoms with Gasteiger partial charge >= 0.3 is 0 Å². The Morgan fingerprint density at radius 1 is 0.216 bits per heavy atom. The highest BCUT2D eigenvalue weighted by atomic mass is 16.5. The summed E-state index contributed by atoms with van der Waals surface area (Å²) in [7, 11) is 0. The molecule has 0 spiro atoms. The number of benzene rings is 15. The van der Waals surface area contributed by atoms with Crippen molar-refractivity contribution in [3.63, 3.8) is 0 Å².